The molecule has 1 heterocycles. The Morgan fingerprint density at radius 2 is 2.00 bits per heavy atom. The lowest BCUT2D eigenvalue weighted by molar-refractivity contribution is 0.0952. The summed E-state index contributed by atoms with van der Waals surface area (Å²) in [6.07, 6.45) is 0.938. The van der Waals surface area contributed by atoms with E-state index >= 15 is 0 Å². The molecule has 0 aliphatic carbocycles. The highest BCUT2D eigenvalue weighted by molar-refractivity contribution is 9.10. The third kappa shape index (κ3) is 5.18. The summed E-state index contributed by atoms with van der Waals surface area (Å²) in [6, 6.07) is 9.41. The van der Waals surface area contributed by atoms with Crippen molar-refractivity contribution in [1.29, 1.82) is 0 Å². The van der Waals surface area contributed by atoms with Gasteiger partial charge >= 0.3 is 0 Å². The minimum absolute atomic E-state index is 0.0659. The second-order valence-electron chi connectivity index (χ2n) is 7.03. The SMILES string of the molecule is CCN(CC)CCCNC(=O)c1ccc(-c2nc3cc(Cl)c(C)cc3[nH]2)c(Br)c1. The maximum absolute atomic E-state index is 12.5. The molecular formula is C22H26BrClN4O. The van der Waals surface area contributed by atoms with Gasteiger partial charge in [0.15, 0.2) is 0 Å². The molecule has 2 N–H and O–H groups in total. The molecule has 3 aromatic rings. The van der Waals surface area contributed by atoms with Crippen molar-refractivity contribution in [2.75, 3.05) is 26.2 Å². The maximum atomic E-state index is 12.5. The molecule has 0 bridgehead atoms. The maximum Gasteiger partial charge on any atom is 0.251 e. The number of aromatic amines is 1. The van der Waals surface area contributed by atoms with Crippen molar-refractivity contribution in [1.82, 2.24) is 20.2 Å². The van der Waals surface area contributed by atoms with Gasteiger partial charge in [-0.3, -0.25) is 4.79 Å². The Balaban J connectivity index is 1.69. The van der Waals surface area contributed by atoms with Gasteiger partial charge in [0.1, 0.15) is 5.82 Å². The molecule has 0 spiro atoms. The van der Waals surface area contributed by atoms with Crippen molar-refractivity contribution < 1.29 is 4.79 Å². The predicted octanol–water partition coefficient (Wildman–Crippen LogP) is 5.42. The normalized spacial score (nSPS) is 11.4. The van der Waals surface area contributed by atoms with Gasteiger partial charge < -0.3 is 15.2 Å². The van der Waals surface area contributed by atoms with Gasteiger partial charge in [-0.15, -0.1) is 0 Å². The van der Waals surface area contributed by atoms with Crippen LogP contribution in [-0.4, -0.2) is 47.0 Å². The van der Waals surface area contributed by atoms with E-state index in [1.165, 1.54) is 0 Å². The predicted molar refractivity (Wildman–Crippen MR) is 124 cm³/mol. The first-order valence-corrected chi connectivity index (χ1v) is 11.1. The monoisotopic (exact) mass is 476 g/mol. The fraction of sp³-hybridized carbons (Fsp3) is 0.364. The van der Waals surface area contributed by atoms with Crippen molar-refractivity contribution >= 4 is 44.5 Å². The number of aromatic nitrogens is 2. The van der Waals surface area contributed by atoms with E-state index in [0.29, 0.717) is 17.1 Å². The van der Waals surface area contributed by atoms with Crippen molar-refractivity contribution in [2.24, 2.45) is 0 Å². The molecule has 0 fully saturated rings. The van der Waals surface area contributed by atoms with E-state index in [-0.39, 0.29) is 5.91 Å². The minimum atomic E-state index is -0.0659. The van der Waals surface area contributed by atoms with E-state index in [1.54, 1.807) is 0 Å². The van der Waals surface area contributed by atoms with Gasteiger partial charge in [-0.05, 0) is 68.9 Å². The number of carbonyl (C=O) groups excluding carboxylic acids is 1. The number of imidazole rings is 1. The van der Waals surface area contributed by atoms with Crippen LogP contribution in [0.1, 0.15) is 36.2 Å². The molecule has 29 heavy (non-hydrogen) atoms. The Kier molecular flexibility index (Phi) is 7.33. The molecule has 154 valence electrons. The molecule has 0 radical (unpaired) electrons. The number of fused-ring (bicyclic) bond motifs is 1. The molecule has 0 unspecified atom stereocenters. The zero-order valence-electron chi connectivity index (χ0n) is 17.0. The number of halogens is 2. The first-order valence-electron chi connectivity index (χ1n) is 9.89. The van der Waals surface area contributed by atoms with E-state index in [2.05, 4.69) is 50.0 Å². The number of nitrogens with zero attached hydrogens (tertiary/aromatic N) is 2. The Bertz CT molecular complexity index is 974. The van der Waals surface area contributed by atoms with Crippen LogP contribution in [0.2, 0.25) is 5.02 Å². The summed E-state index contributed by atoms with van der Waals surface area (Å²) < 4.78 is 0.815. The molecule has 0 aliphatic heterocycles. The van der Waals surface area contributed by atoms with E-state index in [9.17, 15) is 4.79 Å². The van der Waals surface area contributed by atoms with Crippen LogP contribution in [0.3, 0.4) is 0 Å². The molecule has 3 rings (SSSR count). The Morgan fingerprint density at radius 3 is 2.69 bits per heavy atom. The van der Waals surface area contributed by atoms with Gasteiger partial charge in [0.05, 0.1) is 11.0 Å². The zero-order valence-corrected chi connectivity index (χ0v) is 19.3. The minimum Gasteiger partial charge on any atom is -0.352 e. The van der Waals surface area contributed by atoms with Crippen LogP contribution >= 0.6 is 27.5 Å². The van der Waals surface area contributed by atoms with E-state index in [1.807, 2.05) is 37.3 Å². The fourth-order valence-electron chi connectivity index (χ4n) is 3.26. The number of H-pyrrole nitrogens is 1. The number of carbonyl (C=O) groups is 1. The lowest BCUT2D eigenvalue weighted by Gasteiger charge is -2.17. The van der Waals surface area contributed by atoms with Gasteiger partial charge in [-0.2, -0.15) is 0 Å². The van der Waals surface area contributed by atoms with Crippen molar-refractivity contribution in [3.63, 3.8) is 0 Å². The molecule has 1 amide bonds. The first kappa shape index (κ1) is 21.8. The summed E-state index contributed by atoms with van der Waals surface area (Å²) in [5.74, 6) is 0.670. The van der Waals surface area contributed by atoms with Crippen molar-refractivity contribution in [3.05, 3.63) is 51.0 Å². The summed E-state index contributed by atoms with van der Waals surface area (Å²) in [4.78, 5) is 22.8. The largest absolute Gasteiger partial charge is 0.352 e. The molecule has 2 aromatic carbocycles. The molecule has 0 saturated heterocycles. The molecule has 7 heteroatoms. The number of nitrogens with one attached hydrogen (secondary N) is 2. The van der Waals surface area contributed by atoms with Gasteiger partial charge in [-0.1, -0.05) is 41.4 Å². The average molecular weight is 478 g/mol. The summed E-state index contributed by atoms with van der Waals surface area (Å²) in [7, 11) is 0. The highest BCUT2D eigenvalue weighted by Gasteiger charge is 2.13. The number of benzene rings is 2. The fourth-order valence-corrected chi connectivity index (χ4v) is 3.99. The van der Waals surface area contributed by atoms with Gasteiger partial charge in [0, 0.05) is 27.2 Å². The standard InChI is InChI=1S/C22H26BrClN4O/c1-4-28(5-2)10-6-9-25-22(29)15-7-8-16(17(23)12-15)21-26-19-11-14(3)18(24)13-20(19)27-21/h7-8,11-13H,4-6,9-10H2,1-3H3,(H,25,29)(H,26,27). The Labute approximate surface area is 185 Å². The van der Waals surface area contributed by atoms with Crippen LogP contribution in [0.5, 0.6) is 0 Å². The second kappa shape index (κ2) is 9.74. The van der Waals surface area contributed by atoms with E-state index < -0.39 is 0 Å². The third-order valence-electron chi connectivity index (χ3n) is 5.08. The quantitative estimate of drug-likeness (QED) is 0.426. The summed E-state index contributed by atoms with van der Waals surface area (Å²) in [6.45, 7) is 9.99. The lowest BCUT2D eigenvalue weighted by Crippen LogP contribution is -2.29. The van der Waals surface area contributed by atoms with Gasteiger partial charge in [-0.25, -0.2) is 4.98 Å². The van der Waals surface area contributed by atoms with Crippen LogP contribution in [0.4, 0.5) is 0 Å². The smallest absolute Gasteiger partial charge is 0.251 e. The molecule has 0 saturated carbocycles. The lowest BCUT2D eigenvalue weighted by atomic mass is 10.1. The molecule has 1 aromatic heterocycles. The van der Waals surface area contributed by atoms with Crippen LogP contribution < -0.4 is 5.32 Å². The van der Waals surface area contributed by atoms with E-state index in [0.717, 1.165) is 58.5 Å². The van der Waals surface area contributed by atoms with Gasteiger partial charge in [0.25, 0.3) is 5.91 Å². The third-order valence-corrected chi connectivity index (χ3v) is 6.14. The Morgan fingerprint density at radius 1 is 1.24 bits per heavy atom. The zero-order chi connectivity index (χ0) is 21.0. The molecule has 0 aliphatic rings. The number of amides is 1. The van der Waals surface area contributed by atoms with Crippen LogP contribution in [0, 0.1) is 6.92 Å². The second-order valence-corrected chi connectivity index (χ2v) is 8.30. The molecule has 5 nitrogen and oxygen atoms in total. The number of aryl methyl sites for hydroxylation is 1. The number of rotatable bonds is 8. The summed E-state index contributed by atoms with van der Waals surface area (Å²) in [5, 5.41) is 3.70. The highest BCUT2D eigenvalue weighted by atomic mass is 79.9. The molecule has 0 atom stereocenters. The van der Waals surface area contributed by atoms with Crippen LogP contribution in [0.15, 0.2) is 34.8 Å². The first-order chi connectivity index (χ1) is 13.9. The van der Waals surface area contributed by atoms with Crippen molar-refractivity contribution in [3.8, 4) is 11.4 Å². The highest BCUT2D eigenvalue weighted by Crippen LogP contribution is 2.30. The topological polar surface area (TPSA) is 61.0 Å². The van der Waals surface area contributed by atoms with Crippen LogP contribution in [-0.2, 0) is 0 Å². The van der Waals surface area contributed by atoms with Crippen molar-refractivity contribution in [2.45, 2.75) is 27.2 Å². The number of hydrogen-bond donors (Lipinski definition) is 2. The number of hydrogen-bond acceptors (Lipinski definition) is 3. The summed E-state index contributed by atoms with van der Waals surface area (Å²) >= 11 is 9.79. The van der Waals surface area contributed by atoms with E-state index in [4.69, 9.17) is 11.6 Å². The van der Waals surface area contributed by atoms with Gasteiger partial charge in [0.2, 0.25) is 0 Å². The van der Waals surface area contributed by atoms with Crippen LogP contribution in [0.25, 0.3) is 22.4 Å². The average Bonchev–Trinajstić information content (AvgIpc) is 3.10. The Hall–Kier alpha value is -1.89. The summed E-state index contributed by atoms with van der Waals surface area (Å²) in [5.41, 5.74) is 4.27. The molecular weight excluding hydrogens is 452 g/mol.